The van der Waals surface area contributed by atoms with Crippen molar-refractivity contribution in [2.24, 2.45) is 0 Å². The molecule has 0 aliphatic rings. The summed E-state index contributed by atoms with van der Waals surface area (Å²) >= 11 is 0. The van der Waals surface area contributed by atoms with Crippen molar-refractivity contribution in [1.82, 2.24) is 0 Å². The number of nitrogens with one attached hydrogen (secondary N) is 1. The van der Waals surface area contributed by atoms with Gasteiger partial charge < -0.3 is 10.1 Å². The first-order valence-electron chi connectivity index (χ1n) is 6.83. The molecular formula is C18H19NO2. The van der Waals surface area contributed by atoms with Crippen LogP contribution in [-0.4, -0.2) is 5.91 Å². The predicted octanol–water partition coefficient (Wildman–Crippen LogP) is 4.22. The van der Waals surface area contributed by atoms with Crippen molar-refractivity contribution in [3.05, 3.63) is 71.5 Å². The van der Waals surface area contributed by atoms with Crippen LogP contribution in [0, 0.1) is 13.8 Å². The van der Waals surface area contributed by atoms with Gasteiger partial charge in [0, 0.05) is 11.3 Å². The maximum atomic E-state index is 12.0. The van der Waals surface area contributed by atoms with Crippen molar-refractivity contribution < 1.29 is 9.53 Å². The molecule has 0 spiro atoms. The Morgan fingerprint density at radius 2 is 1.76 bits per heavy atom. The van der Waals surface area contributed by atoms with Gasteiger partial charge in [-0.15, -0.1) is 0 Å². The van der Waals surface area contributed by atoms with E-state index in [-0.39, 0.29) is 5.91 Å². The molecular weight excluding hydrogens is 262 g/mol. The summed E-state index contributed by atoms with van der Waals surface area (Å²) in [5, 5.41) is 2.83. The Morgan fingerprint density at radius 3 is 2.43 bits per heavy atom. The van der Waals surface area contributed by atoms with Crippen LogP contribution in [0.3, 0.4) is 0 Å². The van der Waals surface area contributed by atoms with E-state index in [1.807, 2.05) is 62.4 Å². The van der Waals surface area contributed by atoms with Crippen LogP contribution in [0.5, 0.6) is 5.75 Å². The zero-order valence-electron chi connectivity index (χ0n) is 12.5. The highest BCUT2D eigenvalue weighted by molar-refractivity contribution is 6.03. The second kappa shape index (κ2) is 6.75. The zero-order valence-corrected chi connectivity index (χ0v) is 12.5. The molecule has 108 valence electrons. The van der Waals surface area contributed by atoms with Gasteiger partial charge in [0.2, 0.25) is 0 Å². The van der Waals surface area contributed by atoms with Crippen LogP contribution >= 0.6 is 0 Å². The van der Waals surface area contributed by atoms with Crippen molar-refractivity contribution in [1.29, 1.82) is 0 Å². The van der Waals surface area contributed by atoms with Gasteiger partial charge in [0.25, 0.3) is 5.91 Å². The summed E-state index contributed by atoms with van der Waals surface area (Å²) in [7, 11) is 0. The number of hydrogen-bond donors (Lipinski definition) is 1. The van der Waals surface area contributed by atoms with Crippen LogP contribution in [-0.2, 0) is 4.79 Å². The molecule has 21 heavy (non-hydrogen) atoms. The molecule has 0 atom stereocenters. The largest absolute Gasteiger partial charge is 0.465 e. The minimum absolute atomic E-state index is 0.175. The van der Waals surface area contributed by atoms with Gasteiger partial charge in [0.05, 0.1) is 6.26 Å². The first-order chi connectivity index (χ1) is 10.0. The van der Waals surface area contributed by atoms with Crippen LogP contribution in [0.15, 0.2) is 60.4 Å². The fourth-order valence-electron chi connectivity index (χ4n) is 1.77. The van der Waals surface area contributed by atoms with E-state index in [1.165, 1.54) is 6.26 Å². The van der Waals surface area contributed by atoms with E-state index >= 15 is 0 Å². The lowest BCUT2D eigenvalue weighted by Crippen LogP contribution is -2.13. The molecule has 0 bridgehead atoms. The summed E-state index contributed by atoms with van der Waals surface area (Å²) < 4.78 is 5.50. The minimum atomic E-state index is -0.175. The van der Waals surface area contributed by atoms with Gasteiger partial charge in [-0.2, -0.15) is 0 Å². The molecule has 1 amide bonds. The molecule has 0 saturated heterocycles. The summed E-state index contributed by atoms with van der Waals surface area (Å²) in [6.45, 7) is 5.72. The van der Waals surface area contributed by atoms with Gasteiger partial charge in [-0.05, 0) is 50.6 Å². The van der Waals surface area contributed by atoms with Gasteiger partial charge >= 0.3 is 0 Å². The molecule has 0 heterocycles. The maximum absolute atomic E-state index is 12.0. The topological polar surface area (TPSA) is 38.3 Å². The summed E-state index contributed by atoms with van der Waals surface area (Å²) in [5.74, 6) is 0.545. The molecule has 0 unspecified atom stereocenters. The number of aryl methyl sites for hydroxylation is 2. The van der Waals surface area contributed by atoms with Crippen LogP contribution in [0.2, 0.25) is 0 Å². The molecule has 0 aliphatic heterocycles. The van der Waals surface area contributed by atoms with E-state index in [9.17, 15) is 4.79 Å². The number of ether oxygens (including phenoxy) is 1. The predicted molar refractivity (Wildman–Crippen MR) is 85.4 cm³/mol. The third-order valence-corrected chi connectivity index (χ3v) is 3.03. The molecule has 3 nitrogen and oxygen atoms in total. The highest BCUT2D eigenvalue weighted by atomic mass is 16.5. The summed E-state index contributed by atoms with van der Waals surface area (Å²) in [5.41, 5.74) is 3.55. The van der Waals surface area contributed by atoms with Gasteiger partial charge in [-0.1, -0.05) is 29.8 Å². The average molecular weight is 281 g/mol. The van der Waals surface area contributed by atoms with E-state index < -0.39 is 0 Å². The smallest absolute Gasteiger partial charge is 0.254 e. The van der Waals surface area contributed by atoms with Gasteiger partial charge in [0.1, 0.15) is 5.75 Å². The van der Waals surface area contributed by atoms with Gasteiger partial charge in [0.15, 0.2) is 0 Å². The lowest BCUT2D eigenvalue weighted by Gasteiger charge is -2.06. The molecule has 0 aromatic heterocycles. The van der Waals surface area contributed by atoms with Gasteiger partial charge in [-0.25, -0.2) is 0 Å². The summed E-state index contributed by atoms with van der Waals surface area (Å²) in [4.78, 5) is 12.0. The molecule has 0 radical (unpaired) electrons. The molecule has 0 fully saturated rings. The Bertz CT molecular complexity index is 657. The van der Waals surface area contributed by atoms with Crippen molar-refractivity contribution in [2.45, 2.75) is 20.8 Å². The standard InChI is InChI=1S/C18H19NO2/c1-13-7-9-16(10-8-13)19-18(20)15(3)12-21-17-6-4-5-14(2)11-17/h4-12H,1-3H3,(H,19,20). The highest BCUT2D eigenvalue weighted by Gasteiger charge is 2.05. The molecule has 2 aromatic rings. The number of amides is 1. The summed E-state index contributed by atoms with van der Waals surface area (Å²) in [6.07, 6.45) is 1.47. The lowest BCUT2D eigenvalue weighted by molar-refractivity contribution is -0.112. The van der Waals surface area contributed by atoms with E-state index in [1.54, 1.807) is 6.92 Å². The third-order valence-electron chi connectivity index (χ3n) is 3.03. The lowest BCUT2D eigenvalue weighted by atomic mass is 10.2. The second-order valence-corrected chi connectivity index (χ2v) is 5.06. The first-order valence-corrected chi connectivity index (χ1v) is 6.83. The quantitative estimate of drug-likeness (QED) is 0.673. The van der Waals surface area contributed by atoms with E-state index in [4.69, 9.17) is 4.74 Å². The molecule has 1 N–H and O–H groups in total. The third kappa shape index (κ3) is 4.49. The molecule has 2 rings (SSSR count). The highest BCUT2D eigenvalue weighted by Crippen LogP contribution is 2.14. The summed E-state index contributed by atoms with van der Waals surface area (Å²) in [6, 6.07) is 15.4. The number of hydrogen-bond acceptors (Lipinski definition) is 2. The Kier molecular flexibility index (Phi) is 4.77. The minimum Gasteiger partial charge on any atom is -0.465 e. The van der Waals surface area contributed by atoms with Crippen molar-refractivity contribution in [3.8, 4) is 5.75 Å². The number of anilines is 1. The monoisotopic (exact) mass is 281 g/mol. The fraction of sp³-hybridized carbons (Fsp3) is 0.167. The van der Waals surface area contributed by atoms with E-state index in [0.717, 1.165) is 22.6 Å². The Labute approximate surface area is 125 Å². The van der Waals surface area contributed by atoms with E-state index in [0.29, 0.717) is 5.57 Å². The van der Waals surface area contributed by atoms with E-state index in [2.05, 4.69) is 5.32 Å². The average Bonchev–Trinajstić information content (AvgIpc) is 2.47. The number of carbonyl (C=O) groups excluding carboxylic acids is 1. The van der Waals surface area contributed by atoms with Crippen molar-refractivity contribution >= 4 is 11.6 Å². The zero-order chi connectivity index (χ0) is 15.2. The molecule has 0 saturated carbocycles. The van der Waals surface area contributed by atoms with Crippen LogP contribution in [0.25, 0.3) is 0 Å². The normalized spacial score (nSPS) is 11.1. The van der Waals surface area contributed by atoms with Gasteiger partial charge in [-0.3, -0.25) is 4.79 Å². The van der Waals surface area contributed by atoms with Crippen molar-refractivity contribution in [2.75, 3.05) is 5.32 Å². The number of carbonyl (C=O) groups is 1. The second-order valence-electron chi connectivity index (χ2n) is 5.06. The Balaban J connectivity index is 1.98. The number of rotatable bonds is 4. The Hall–Kier alpha value is -2.55. The molecule has 2 aromatic carbocycles. The molecule has 0 aliphatic carbocycles. The number of benzene rings is 2. The SMILES string of the molecule is CC(=COc1cccc(C)c1)C(=O)Nc1ccc(C)cc1. The van der Waals surface area contributed by atoms with Crippen LogP contribution in [0.1, 0.15) is 18.1 Å². The maximum Gasteiger partial charge on any atom is 0.254 e. The Morgan fingerprint density at radius 1 is 1.05 bits per heavy atom. The fourth-order valence-corrected chi connectivity index (χ4v) is 1.77. The molecule has 3 heteroatoms. The first kappa shape index (κ1) is 14.9. The van der Waals surface area contributed by atoms with Crippen molar-refractivity contribution in [3.63, 3.8) is 0 Å². The van der Waals surface area contributed by atoms with Crippen LogP contribution < -0.4 is 10.1 Å². The van der Waals surface area contributed by atoms with Crippen LogP contribution in [0.4, 0.5) is 5.69 Å².